The van der Waals surface area contributed by atoms with E-state index in [9.17, 15) is 21.6 Å². The van der Waals surface area contributed by atoms with Crippen molar-refractivity contribution in [3.8, 4) is 0 Å². The first-order chi connectivity index (χ1) is 18.0. The Morgan fingerprint density at radius 3 is 1.89 bits per heavy atom. The highest BCUT2D eigenvalue weighted by molar-refractivity contribution is 7.92. The van der Waals surface area contributed by atoms with Crippen LogP contribution in [-0.4, -0.2) is 46.7 Å². The van der Waals surface area contributed by atoms with Gasteiger partial charge in [0.15, 0.2) is 0 Å². The summed E-state index contributed by atoms with van der Waals surface area (Å²) >= 11 is 0. The maximum absolute atomic E-state index is 13.6. The number of hydrogen-bond donors (Lipinski definition) is 1. The van der Waals surface area contributed by atoms with E-state index < -0.39 is 32.5 Å². The van der Waals surface area contributed by atoms with Crippen molar-refractivity contribution in [2.24, 2.45) is 0 Å². The van der Waals surface area contributed by atoms with Gasteiger partial charge in [0, 0.05) is 18.8 Å². The average molecular weight is 556 g/mol. The molecule has 1 amide bonds. The van der Waals surface area contributed by atoms with Crippen molar-refractivity contribution < 1.29 is 21.6 Å². The molecule has 3 aromatic carbocycles. The molecule has 1 saturated heterocycles. The van der Waals surface area contributed by atoms with Gasteiger partial charge in [-0.05, 0) is 93.3 Å². The van der Waals surface area contributed by atoms with E-state index in [1.165, 1.54) is 40.7 Å². The lowest BCUT2D eigenvalue weighted by atomic mass is 10.1. The zero-order valence-corrected chi connectivity index (χ0v) is 23.5. The minimum absolute atomic E-state index is 0.0855. The number of anilines is 2. The van der Waals surface area contributed by atoms with Crippen molar-refractivity contribution in [3.63, 3.8) is 0 Å². The molecule has 1 heterocycles. The van der Waals surface area contributed by atoms with Crippen LogP contribution in [0, 0.1) is 20.8 Å². The van der Waals surface area contributed by atoms with Crippen molar-refractivity contribution >= 4 is 37.3 Å². The standard InChI is InChI=1S/C28H33N3O5S2/c1-21-7-11-27(12-8-21)38(35,36)31(25-18-22(2)17-23(3)19-25)20-28(32)29-24-9-13-26(14-10-24)37(33,34)30-15-5-4-6-16-30/h7-14,17-19H,4-6,15-16,20H2,1-3H3,(H,29,32). The fourth-order valence-electron chi connectivity index (χ4n) is 4.54. The molecule has 0 bridgehead atoms. The van der Waals surface area contributed by atoms with Crippen molar-refractivity contribution in [1.82, 2.24) is 4.31 Å². The summed E-state index contributed by atoms with van der Waals surface area (Å²) < 4.78 is 55.7. The van der Waals surface area contributed by atoms with Gasteiger partial charge in [0.1, 0.15) is 6.54 Å². The maximum Gasteiger partial charge on any atom is 0.264 e. The van der Waals surface area contributed by atoms with E-state index in [1.54, 1.807) is 24.3 Å². The smallest absolute Gasteiger partial charge is 0.264 e. The van der Waals surface area contributed by atoms with E-state index in [-0.39, 0.29) is 9.79 Å². The van der Waals surface area contributed by atoms with Crippen molar-refractivity contribution in [3.05, 3.63) is 83.4 Å². The zero-order valence-electron chi connectivity index (χ0n) is 21.8. The van der Waals surface area contributed by atoms with E-state index in [0.717, 1.165) is 40.3 Å². The van der Waals surface area contributed by atoms with Crippen LogP contribution in [0.4, 0.5) is 11.4 Å². The van der Waals surface area contributed by atoms with E-state index in [4.69, 9.17) is 0 Å². The number of piperidine rings is 1. The summed E-state index contributed by atoms with van der Waals surface area (Å²) in [6.45, 7) is 6.16. The van der Waals surface area contributed by atoms with Gasteiger partial charge in [0.2, 0.25) is 15.9 Å². The van der Waals surface area contributed by atoms with Crippen LogP contribution in [0.25, 0.3) is 0 Å². The molecule has 0 radical (unpaired) electrons. The quantitative estimate of drug-likeness (QED) is 0.437. The summed E-state index contributed by atoms with van der Waals surface area (Å²) in [4.78, 5) is 13.3. The van der Waals surface area contributed by atoms with Crippen LogP contribution in [0.5, 0.6) is 0 Å². The SMILES string of the molecule is Cc1ccc(S(=O)(=O)N(CC(=O)Nc2ccc(S(=O)(=O)N3CCCCC3)cc2)c2cc(C)cc(C)c2)cc1. The minimum Gasteiger partial charge on any atom is -0.325 e. The lowest BCUT2D eigenvalue weighted by Gasteiger charge is -2.26. The second kappa shape index (κ2) is 11.3. The second-order valence-corrected chi connectivity index (χ2v) is 13.5. The van der Waals surface area contributed by atoms with Crippen LogP contribution in [0.2, 0.25) is 0 Å². The molecule has 202 valence electrons. The van der Waals surface area contributed by atoms with E-state index >= 15 is 0 Å². The van der Waals surface area contributed by atoms with Gasteiger partial charge in [-0.25, -0.2) is 16.8 Å². The number of nitrogens with one attached hydrogen (secondary N) is 1. The molecule has 0 saturated carbocycles. The molecular weight excluding hydrogens is 522 g/mol. The Morgan fingerprint density at radius 2 is 1.32 bits per heavy atom. The number of benzene rings is 3. The molecule has 0 atom stereocenters. The largest absolute Gasteiger partial charge is 0.325 e. The number of nitrogens with zero attached hydrogens (tertiary/aromatic N) is 2. The maximum atomic E-state index is 13.6. The first kappa shape index (κ1) is 27.8. The minimum atomic E-state index is -4.04. The molecule has 3 aromatic rings. The highest BCUT2D eigenvalue weighted by Crippen LogP contribution is 2.27. The predicted octanol–water partition coefficient (Wildman–Crippen LogP) is 4.62. The molecule has 4 rings (SSSR count). The van der Waals surface area contributed by atoms with Crippen LogP contribution >= 0.6 is 0 Å². The molecule has 10 heteroatoms. The Kier molecular flexibility index (Phi) is 8.25. The van der Waals surface area contributed by atoms with Crippen molar-refractivity contribution in [1.29, 1.82) is 0 Å². The molecule has 38 heavy (non-hydrogen) atoms. The van der Waals surface area contributed by atoms with E-state index in [2.05, 4.69) is 5.32 Å². The fraction of sp³-hybridized carbons (Fsp3) is 0.321. The van der Waals surface area contributed by atoms with Gasteiger partial charge in [-0.1, -0.05) is 30.2 Å². The number of amides is 1. The zero-order chi connectivity index (χ0) is 27.5. The van der Waals surface area contributed by atoms with Gasteiger partial charge in [-0.15, -0.1) is 0 Å². The molecule has 8 nitrogen and oxygen atoms in total. The third kappa shape index (κ3) is 6.25. The summed E-state index contributed by atoms with van der Waals surface area (Å²) in [6.07, 6.45) is 2.71. The Labute approximate surface area is 225 Å². The Morgan fingerprint density at radius 1 is 0.763 bits per heavy atom. The van der Waals surface area contributed by atoms with Gasteiger partial charge < -0.3 is 5.32 Å². The van der Waals surface area contributed by atoms with Gasteiger partial charge >= 0.3 is 0 Å². The highest BCUT2D eigenvalue weighted by Gasteiger charge is 2.28. The molecule has 0 aliphatic carbocycles. The fourth-order valence-corrected chi connectivity index (χ4v) is 7.46. The Balaban J connectivity index is 1.57. The molecule has 0 spiro atoms. The van der Waals surface area contributed by atoms with Crippen LogP contribution in [0.15, 0.2) is 76.5 Å². The predicted molar refractivity (Wildman–Crippen MR) is 149 cm³/mol. The van der Waals surface area contributed by atoms with Gasteiger partial charge in [-0.2, -0.15) is 4.31 Å². The molecule has 1 aliphatic heterocycles. The molecule has 1 fully saturated rings. The number of carbonyl (C=O) groups excluding carboxylic acids is 1. The number of hydrogen-bond acceptors (Lipinski definition) is 5. The third-order valence-corrected chi connectivity index (χ3v) is 10.2. The van der Waals surface area contributed by atoms with Crippen LogP contribution in [0.3, 0.4) is 0 Å². The van der Waals surface area contributed by atoms with Gasteiger partial charge in [0.25, 0.3) is 10.0 Å². The first-order valence-electron chi connectivity index (χ1n) is 12.5. The number of sulfonamides is 2. The van der Waals surface area contributed by atoms with Crippen molar-refractivity contribution in [2.45, 2.75) is 49.8 Å². The van der Waals surface area contributed by atoms with Crippen LogP contribution in [-0.2, 0) is 24.8 Å². The van der Waals surface area contributed by atoms with Crippen molar-refractivity contribution in [2.75, 3.05) is 29.3 Å². The Hall–Kier alpha value is -3.21. The highest BCUT2D eigenvalue weighted by atomic mass is 32.2. The monoisotopic (exact) mass is 555 g/mol. The van der Waals surface area contributed by atoms with Gasteiger partial charge in [0.05, 0.1) is 15.5 Å². The van der Waals surface area contributed by atoms with Crippen LogP contribution in [0.1, 0.15) is 36.0 Å². The number of rotatable bonds is 8. The summed E-state index contributed by atoms with van der Waals surface area (Å²) in [5.74, 6) is -0.550. The lowest BCUT2D eigenvalue weighted by molar-refractivity contribution is -0.114. The molecule has 1 N–H and O–H groups in total. The Bertz CT molecular complexity index is 1490. The summed E-state index contributed by atoms with van der Waals surface area (Å²) in [6, 6.07) is 17.8. The molecule has 1 aliphatic rings. The topological polar surface area (TPSA) is 104 Å². The lowest BCUT2D eigenvalue weighted by Crippen LogP contribution is -2.38. The summed E-state index contributed by atoms with van der Waals surface area (Å²) in [5, 5.41) is 2.71. The number of aryl methyl sites for hydroxylation is 3. The van der Waals surface area contributed by atoms with E-state index in [0.29, 0.717) is 24.5 Å². The molecule has 0 aromatic heterocycles. The second-order valence-electron chi connectivity index (χ2n) is 9.71. The van der Waals surface area contributed by atoms with E-state index in [1.807, 2.05) is 26.8 Å². The first-order valence-corrected chi connectivity index (χ1v) is 15.4. The third-order valence-electron chi connectivity index (χ3n) is 6.48. The normalized spacial score (nSPS) is 14.7. The number of carbonyl (C=O) groups is 1. The summed E-state index contributed by atoms with van der Waals surface area (Å²) in [7, 11) is -7.63. The van der Waals surface area contributed by atoms with Gasteiger partial charge in [-0.3, -0.25) is 9.10 Å². The van der Waals surface area contributed by atoms with Crippen LogP contribution < -0.4 is 9.62 Å². The average Bonchev–Trinajstić information content (AvgIpc) is 2.88. The summed E-state index contributed by atoms with van der Waals surface area (Å²) in [5.41, 5.74) is 3.43. The molecule has 0 unspecified atom stereocenters. The molecular formula is C28H33N3O5S2.